The maximum Gasteiger partial charge on any atom is 0.417 e. The first kappa shape index (κ1) is 25.7. The van der Waals surface area contributed by atoms with Gasteiger partial charge < -0.3 is 9.64 Å². The molecule has 1 aliphatic rings. The molecule has 2 aromatic heterocycles. The number of alkyl halides is 3. The van der Waals surface area contributed by atoms with Gasteiger partial charge in [-0.05, 0) is 37.6 Å². The number of nitrogens with zero attached hydrogens (tertiary/aromatic N) is 4. The molecule has 8 nitrogen and oxygen atoms in total. The summed E-state index contributed by atoms with van der Waals surface area (Å²) in [6.07, 6.45) is -3.49. The Hall–Kier alpha value is -3.93. The van der Waals surface area contributed by atoms with Crippen molar-refractivity contribution in [1.29, 1.82) is 0 Å². The molecule has 1 aliphatic heterocycles. The van der Waals surface area contributed by atoms with Crippen LogP contribution in [0.4, 0.5) is 19.0 Å². The van der Waals surface area contributed by atoms with Crippen molar-refractivity contribution in [2.75, 3.05) is 18.6 Å². The Morgan fingerprint density at radius 1 is 1.08 bits per heavy atom. The van der Waals surface area contributed by atoms with Crippen LogP contribution in [-0.4, -0.2) is 54.1 Å². The van der Waals surface area contributed by atoms with Crippen LogP contribution in [0.2, 0.25) is 0 Å². The van der Waals surface area contributed by atoms with Crippen LogP contribution in [0.25, 0.3) is 16.6 Å². The summed E-state index contributed by atoms with van der Waals surface area (Å²) in [5.74, 6) is -0.284. The second-order valence-electron chi connectivity index (χ2n) is 8.99. The van der Waals surface area contributed by atoms with Gasteiger partial charge in [0.2, 0.25) is 0 Å². The third-order valence-corrected chi connectivity index (χ3v) is 8.82. The van der Waals surface area contributed by atoms with Gasteiger partial charge in [0.25, 0.3) is 0 Å². The Kier molecular flexibility index (Phi) is 6.38. The van der Waals surface area contributed by atoms with Crippen LogP contribution in [-0.2, 0) is 25.5 Å². The van der Waals surface area contributed by atoms with Gasteiger partial charge in [0, 0.05) is 24.2 Å². The maximum absolute atomic E-state index is 13.7. The average Bonchev–Trinajstić information content (AvgIpc) is 3.51. The second-order valence-corrected chi connectivity index (χ2v) is 11.2. The van der Waals surface area contributed by atoms with Crippen molar-refractivity contribution in [3.05, 3.63) is 78.1 Å². The second kappa shape index (κ2) is 9.43. The summed E-state index contributed by atoms with van der Waals surface area (Å²) in [4.78, 5) is 17.9. The van der Waals surface area contributed by atoms with Crippen molar-refractivity contribution >= 4 is 32.5 Å². The standard InChI is InChI=1S/C26H23F3N4O4S/c1-16-13-24(33(31-16)21-11-12-30-20-9-5-3-7-18(20)21)32-15-17(14-22(32)25(34)37-2)38(35,36)23-10-6-4-8-19(23)26(27,28)29/h3-13,17,22H,14-15H2,1-2H3/t17-,22?/m1/s1. The van der Waals surface area contributed by atoms with E-state index in [1.54, 1.807) is 34.8 Å². The molecule has 1 saturated heterocycles. The smallest absolute Gasteiger partial charge is 0.417 e. The van der Waals surface area contributed by atoms with Crippen molar-refractivity contribution in [2.45, 2.75) is 35.7 Å². The Morgan fingerprint density at radius 3 is 2.53 bits per heavy atom. The van der Waals surface area contributed by atoms with E-state index in [-0.39, 0.29) is 13.0 Å². The molecule has 0 saturated carbocycles. The van der Waals surface area contributed by atoms with Gasteiger partial charge >= 0.3 is 12.1 Å². The molecule has 12 heteroatoms. The van der Waals surface area contributed by atoms with Crippen molar-refractivity contribution in [3.8, 4) is 5.69 Å². The molecule has 1 fully saturated rings. The van der Waals surface area contributed by atoms with Crippen LogP contribution < -0.4 is 4.90 Å². The number of halogens is 3. The maximum atomic E-state index is 13.7. The Morgan fingerprint density at radius 2 is 1.79 bits per heavy atom. The molecule has 198 valence electrons. The minimum Gasteiger partial charge on any atom is -0.467 e. The number of anilines is 1. The topological polar surface area (TPSA) is 94.4 Å². The minimum atomic E-state index is -4.86. The highest BCUT2D eigenvalue weighted by atomic mass is 32.2. The molecule has 0 N–H and O–H groups in total. The van der Waals surface area contributed by atoms with Gasteiger partial charge in [-0.25, -0.2) is 17.9 Å². The molecule has 5 rings (SSSR count). The number of hydrogen-bond donors (Lipinski definition) is 0. The summed E-state index contributed by atoms with van der Waals surface area (Å²) in [7, 11) is -3.30. The van der Waals surface area contributed by atoms with Crippen molar-refractivity contribution in [3.63, 3.8) is 0 Å². The lowest BCUT2D eigenvalue weighted by Gasteiger charge is -2.25. The molecule has 0 amide bonds. The van der Waals surface area contributed by atoms with E-state index in [1.807, 2.05) is 24.3 Å². The number of rotatable bonds is 5. The number of carbonyl (C=O) groups is 1. The van der Waals surface area contributed by atoms with Crippen LogP contribution in [0.5, 0.6) is 0 Å². The molecule has 2 aromatic carbocycles. The molecular formula is C26H23F3N4O4S. The minimum absolute atomic E-state index is 0.234. The number of esters is 1. The van der Waals surface area contributed by atoms with Gasteiger partial charge in [-0.2, -0.15) is 18.3 Å². The monoisotopic (exact) mass is 544 g/mol. The SMILES string of the molecule is COC(=O)C1C[C@@H](S(=O)(=O)c2ccccc2C(F)(F)F)CN1c1cc(C)nn1-c1ccnc2ccccc12. The van der Waals surface area contributed by atoms with Gasteiger partial charge in [0.15, 0.2) is 9.84 Å². The number of aromatic nitrogens is 3. The first-order chi connectivity index (χ1) is 18.0. The average molecular weight is 545 g/mol. The first-order valence-electron chi connectivity index (χ1n) is 11.7. The number of para-hydroxylation sites is 1. The number of ether oxygens (including phenoxy) is 1. The highest BCUT2D eigenvalue weighted by molar-refractivity contribution is 7.92. The third kappa shape index (κ3) is 4.38. The molecule has 0 spiro atoms. The lowest BCUT2D eigenvalue weighted by Crippen LogP contribution is -2.38. The number of fused-ring (bicyclic) bond motifs is 1. The molecule has 0 radical (unpaired) electrons. The van der Waals surface area contributed by atoms with Crippen LogP contribution in [0.15, 0.2) is 71.8 Å². The lowest BCUT2D eigenvalue weighted by molar-refractivity contribution is -0.142. The van der Waals surface area contributed by atoms with Gasteiger partial charge in [0.05, 0.1) is 39.7 Å². The van der Waals surface area contributed by atoms with Crippen molar-refractivity contribution in [1.82, 2.24) is 14.8 Å². The number of carbonyl (C=O) groups excluding carboxylic acids is 1. The largest absolute Gasteiger partial charge is 0.467 e. The zero-order valence-electron chi connectivity index (χ0n) is 20.4. The van der Waals surface area contributed by atoms with Gasteiger partial charge in [-0.3, -0.25) is 4.98 Å². The fraction of sp³-hybridized carbons (Fsp3) is 0.269. The van der Waals surface area contributed by atoms with E-state index in [0.29, 0.717) is 22.7 Å². The van der Waals surface area contributed by atoms with Gasteiger partial charge in [-0.15, -0.1) is 0 Å². The Balaban J connectivity index is 1.61. The molecule has 38 heavy (non-hydrogen) atoms. The fourth-order valence-corrected chi connectivity index (χ4v) is 6.81. The van der Waals surface area contributed by atoms with E-state index in [4.69, 9.17) is 4.74 Å². The zero-order valence-corrected chi connectivity index (χ0v) is 21.2. The molecule has 0 bridgehead atoms. The van der Waals surface area contributed by atoms with Crippen LogP contribution in [0.3, 0.4) is 0 Å². The number of methoxy groups -OCH3 is 1. The summed E-state index contributed by atoms with van der Waals surface area (Å²) < 4.78 is 74.7. The lowest BCUT2D eigenvalue weighted by atomic mass is 10.2. The van der Waals surface area contributed by atoms with E-state index in [0.717, 1.165) is 23.6 Å². The molecule has 4 aromatic rings. The van der Waals surface area contributed by atoms with E-state index in [2.05, 4.69) is 10.1 Å². The number of aryl methyl sites for hydroxylation is 1. The number of pyridine rings is 1. The Labute approximate surface area is 216 Å². The van der Waals surface area contributed by atoms with Crippen molar-refractivity contribution in [2.24, 2.45) is 0 Å². The van der Waals surface area contributed by atoms with E-state index < -0.39 is 43.7 Å². The van der Waals surface area contributed by atoms with Crippen LogP contribution >= 0.6 is 0 Å². The molecular weight excluding hydrogens is 521 g/mol. The predicted octanol–water partition coefficient (Wildman–Crippen LogP) is 4.34. The molecule has 1 unspecified atom stereocenters. The third-order valence-electron chi connectivity index (χ3n) is 6.63. The fourth-order valence-electron chi connectivity index (χ4n) is 4.90. The summed E-state index contributed by atoms with van der Waals surface area (Å²) in [6, 6.07) is 13.9. The van der Waals surface area contributed by atoms with Gasteiger partial charge in [-0.1, -0.05) is 30.3 Å². The summed E-state index contributed by atoms with van der Waals surface area (Å²) in [6.45, 7) is 1.52. The molecule has 0 aliphatic carbocycles. The zero-order chi connectivity index (χ0) is 27.2. The number of benzene rings is 2. The van der Waals surface area contributed by atoms with Crippen LogP contribution in [0.1, 0.15) is 17.7 Å². The quantitative estimate of drug-likeness (QED) is 0.345. The van der Waals surface area contributed by atoms with E-state index in [1.165, 1.54) is 13.2 Å². The number of sulfone groups is 1. The molecule has 2 atom stereocenters. The highest BCUT2D eigenvalue weighted by Crippen LogP contribution is 2.39. The Bertz CT molecular complexity index is 1630. The summed E-state index contributed by atoms with van der Waals surface area (Å²) in [5, 5.41) is 4.06. The number of hydrogen-bond acceptors (Lipinski definition) is 7. The summed E-state index contributed by atoms with van der Waals surface area (Å²) in [5.41, 5.74) is 0.714. The first-order valence-corrected chi connectivity index (χ1v) is 13.2. The highest BCUT2D eigenvalue weighted by Gasteiger charge is 2.47. The predicted molar refractivity (Wildman–Crippen MR) is 134 cm³/mol. The summed E-state index contributed by atoms with van der Waals surface area (Å²) >= 11 is 0. The molecule has 3 heterocycles. The van der Waals surface area contributed by atoms with E-state index >= 15 is 0 Å². The van der Waals surface area contributed by atoms with Crippen LogP contribution in [0, 0.1) is 6.92 Å². The van der Waals surface area contributed by atoms with Crippen molar-refractivity contribution < 1.29 is 31.1 Å². The normalized spacial score (nSPS) is 18.2. The van der Waals surface area contributed by atoms with Gasteiger partial charge in [0.1, 0.15) is 11.9 Å². The van der Waals surface area contributed by atoms with E-state index in [9.17, 15) is 26.4 Å².